The van der Waals surface area contributed by atoms with Gasteiger partial charge in [0.15, 0.2) is 0 Å². The summed E-state index contributed by atoms with van der Waals surface area (Å²) in [5.41, 5.74) is -0.683. The van der Waals surface area contributed by atoms with E-state index in [2.05, 4.69) is 20.8 Å². The first-order valence-electron chi connectivity index (χ1n) is 7.53. The van der Waals surface area contributed by atoms with E-state index in [1.54, 1.807) is 20.8 Å². The van der Waals surface area contributed by atoms with E-state index in [-0.39, 0.29) is 39.4 Å². The van der Waals surface area contributed by atoms with E-state index in [9.17, 15) is 16.8 Å². The largest absolute Gasteiger partial charge is 0.229 e. The lowest BCUT2D eigenvalue weighted by atomic mass is 9.78. The van der Waals surface area contributed by atoms with Crippen molar-refractivity contribution in [2.75, 3.05) is 18.3 Å². The van der Waals surface area contributed by atoms with Gasteiger partial charge in [0.05, 0.1) is 12.0 Å². The van der Waals surface area contributed by atoms with Crippen LogP contribution >= 0.6 is 0 Å². The van der Waals surface area contributed by atoms with Gasteiger partial charge in [0.25, 0.3) is 0 Å². The molecule has 2 unspecified atom stereocenters. The summed E-state index contributed by atoms with van der Waals surface area (Å²) in [4.78, 5) is 0. The molecule has 2 atom stereocenters. The SMILES string of the molecule is C.C.C.CC(CC(CS(C)(=O)=O)N(C(C)(C)C)S(C)(=O)=O)C(C)(C)C. The molecule has 0 bridgehead atoms. The van der Waals surface area contributed by atoms with Crippen LogP contribution in [-0.4, -0.2) is 51.0 Å². The highest BCUT2D eigenvalue weighted by atomic mass is 32.2. The third-order valence-electron chi connectivity index (χ3n) is 3.95. The number of sulfonamides is 1. The standard InChI is InChI=1S/C15H33NO4S2.3CH4/c1-12(14(2,3)4)10-13(11-21(8,17)18)16(15(5,6)7)22(9,19)20;;;/h12-13H,10-11H2,1-9H3;3*1H4. The summed E-state index contributed by atoms with van der Waals surface area (Å²) in [7, 11) is -6.80. The molecule has 0 amide bonds. The summed E-state index contributed by atoms with van der Waals surface area (Å²) in [6.07, 6.45) is 2.82. The van der Waals surface area contributed by atoms with Crippen LogP contribution < -0.4 is 0 Å². The predicted molar refractivity (Wildman–Crippen MR) is 113 cm³/mol. The average molecular weight is 404 g/mol. The smallest absolute Gasteiger partial charge is 0.211 e. The van der Waals surface area contributed by atoms with Gasteiger partial charge in [-0.25, -0.2) is 16.8 Å². The van der Waals surface area contributed by atoms with Crippen molar-refractivity contribution in [1.29, 1.82) is 0 Å². The van der Waals surface area contributed by atoms with Gasteiger partial charge in [-0.1, -0.05) is 50.0 Å². The van der Waals surface area contributed by atoms with Crippen LogP contribution in [0.15, 0.2) is 0 Å². The van der Waals surface area contributed by atoms with E-state index in [0.717, 1.165) is 12.5 Å². The van der Waals surface area contributed by atoms with Crippen molar-refractivity contribution in [2.24, 2.45) is 11.3 Å². The number of sulfone groups is 1. The summed E-state index contributed by atoms with van der Waals surface area (Å²) in [6.45, 7) is 13.7. The second-order valence-electron chi connectivity index (χ2n) is 8.48. The number of nitrogens with zero attached hydrogens (tertiary/aromatic N) is 1. The van der Waals surface area contributed by atoms with Crippen molar-refractivity contribution >= 4 is 19.9 Å². The fourth-order valence-corrected chi connectivity index (χ4v) is 5.43. The van der Waals surface area contributed by atoms with Gasteiger partial charge in [0.2, 0.25) is 10.0 Å². The molecule has 0 aliphatic carbocycles. The minimum absolute atomic E-state index is 0. The second kappa shape index (κ2) is 10.3. The summed E-state index contributed by atoms with van der Waals surface area (Å²) >= 11 is 0. The molecule has 25 heavy (non-hydrogen) atoms. The van der Waals surface area contributed by atoms with Gasteiger partial charge in [-0.3, -0.25) is 0 Å². The summed E-state index contributed by atoms with van der Waals surface area (Å²) in [5, 5.41) is 0. The van der Waals surface area contributed by atoms with E-state index in [0.29, 0.717) is 6.42 Å². The molecule has 5 nitrogen and oxygen atoms in total. The first-order valence-corrected chi connectivity index (χ1v) is 11.4. The minimum Gasteiger partial charge on any atom is -0.229 e. The molecule has 0 aromatic rings. The van der Waals surface area contributed by atoms with Crippen molar-refractivity contribution in [3.8, 4) is 0 Å². The number of rotatable bonds is 6. The van der Waals surface area contributed by atoms with Crippen LogP contribution in [0.5, 0.6) is 0 Å². The lowest BCUT2D eigenvalue weighted by Gasteiger charge is -2.42. The zero-order valence-electron chi connectivity index (χ0n) is 15.5. The molecule has 0 saturated carbocycles. The predicted octanol–water partition coefficient (Wildman–Crippen LogP) is 4.44. The van der Waals surface area contributed by atoms with Crippen LogP contribution in [0, 0.1) is 11.3 Å². The van der Waals surface area contributed by atoms with E-state index >= 15 is 0 Å². The fraction of sp³-hybridized carbons (Fsp3) is 1.00. The van der Waals surface area contributed by atoms with Crippen LogP contribution in [0.1, 0.15) is 77.2 Å². The molecule has 0 rings (SSSR count). The van der Waals surface area contributed by atoms with Gasteiger partial charge in [0.1, 0.15) is 9.84 Å². The first kappa shape index (κ1) is 32.5. The summed E-state index contributed by atoms with van der Waals surface area (Å²) < 4.78 is 49.5. The molecule has 0 aromatic heterocycles. The molecule has 0 spiro atoms. The lowest BCUT2D eigenvalue weighted by Crippen LogP contribution is -2.54. The monoisotopic (exact) mass is 403 g/mol. The van der Waals surface area contributed by atoms with Gasteiger partial charge >= 0.3 is 0 Å². The van der Waals surface area contributed by atoms with Gasteiger partial charge in [-0.05, 0) is 38.5 Å². The Labute approximate surface area is 159 Å². The van der Waals surface area contributed by atoms with E-state index in [1.165, 1.54) is 4.31 Å². The van der Waals surface area contributed by atoms with E-state index < -0.39 is 31.4 Å². The molecule has 0 heterocycles. The van der Waals surface area contributed by atoms with Gasteiger partial charge in [-0.15, -0.1) is 0 Å². The molecule has 0 fully saturated rings. The zero-order valence-corrected chi connectivity index (χ0v) is 17.1. The van der Waals surface area contributed by atoms with Crippen LogP contribution in [0.3, 0.4) is 0 Å². The topological polar surface area (TPSA) is 71.5 Å². The Morgan fingerprint density at radius 2 is 1.20 bits per heavy atom. The third-order valence-corrected chi connectivity index (χ3v) is 6.50. The van der Waals surface area contributed by atoms with Crippen molar-refractivity contribution in [3.63, 3.8) is 0 Å². The van der Waals surface area contributed by atoms with Crippen molar-refractivity contribution < 1.29 is 16.8 Å². The normalized spacial score (nSPS) is 15.4. The fourth-order valence-electron chi connectivity index (χ4n) is 2.66. The highest BCUT2D eigenvalue weighted by molar-refractivity contribution is 7.91. The molecule has 0 aromatic carbocycles. The Bertz CT molecular complexity index is 567. The second-order valence-corrected chi connectivity index (χ2v) is 12.5. The maximum atomic E-state index is 12.3. The lowest BCUT2D eigenvalue weighted by molar-refractivity contribution is 0.147. The summed E-state index contributed by atoms with van der Waals surface area (Å²) in [6, 6.07) is -0.556. The number of hydrogen-bond donors (Lipinski definition) is 0. The molecule has 0 radical (unpaired) electrons. The van der Waals surface area contributed by atoms with Crippen LogP contribution in [0.25, 0.3) is 0 Å². The minimum atomic E-state index is -3.52. The highest BCUT2D eigenvalue weighted by Gasteiger charge is 2.39. The molecule has 0 N–H and O–H groups in total. The van der Waals surface area contributed by atoms with Crippen molar-refractivity contribution in [3.05, 3.63) is 0 Å². The van der Waals surface area contributed by atoms with Gasteiger partial charge in [-0.2, -0.15) is 4.31 Å². The quantitative estimate of drug-likeness (QED) is 0.657. The first-order chi connectivity index (χ1) is 9.36. The highest BCUT2D eigenvalue weighted by Crippen LogP contribution is 2.33. The third kappa shape index (κ3) is 12.0. The molecule has 7 heteroatoms. The Morgan fingerprint density at radius 1 is 0.840 bits per heavy atom. The van der Waals surface area contributed by atoms with Crippen LogP contribution in [-0.2, 0) is 19.9 Å². The summed E-state index contributed by atoms with van der Waals surface area (Å²) in [5.74, 6) is 0.0310. The van der Waals surface area contributed by atoms with Crippen LogP contribution in [0.2, 0.25) is 0 Å². The molecular formula is C18H45NO4S2. The zero-order chi connectivity index (χ0) is 18.1. The van der Waals surface area contributed by atoms with Crippen molar-refractivity contribution in [1.82, 2.24) is 4.31 Å². The molecule has 0 aliphatic heterocycles. The maximum Gasteiger partial charge on any atom is 0.211 e. The Kier molecular flexibility index (Phi) is 13.3. The van der Waals surface area contributed by atoms with Gasteiger partial charge in [0, 0.05) is 17.8 Å². The molecular weight excluding hydrogens is 358 g/mol. The van der Waals surface area contributed by atoms with Gasteiger partial charge < -0.3 is 0 Å². The van der Waals surface area contributed by atoms with Crippen molar-refractivity contribution in [2.45, 2.75) is 88.7 Å². The number of hydrogen-bond acceptors (Lipinski definition) is 4. The average Bonchev–Trinajstić information content (AvgIpc) is 2.06. The molecule has 158 valence electrons. The molecule has 0 aliphatic rings. The Hall–Kier alpha value is -0.140. The Balaban J connectivity index is -0.000000735. The maximum absolute atomic E-state index is 12.3. The van der Waals surface area contributed by atoms with E-state index in [4.69, 9.17) is 0 Å². The van der Waals surface area contributed by atoms with E-state index in [1.807, 2.05) is 6.92 Å². The van der Waals surface area contributed by atoms with Crippen LogP contribution in [0.4, 0.5) is 0 Å². The Morgan fingerprint density at radius 3 is 1.40 bits per heavy atom. The molecule has 0 saturated heterocycles.